The number of nitrogens with one attached hydrogen (secondary N) is 1. The first-order valence-electron chi connectivity index (χ1n) is 8.91. The van der Waals surface area contributed by atoms with Crippen LogP contribution in [-0.2, 0) is 11.2 Å². The molecule has 1 amide bonds. The molecule has 0 aliphatic rings. The van der Waals surface area contributed by atoms with Gasteiger partial charge in [0.25, 0.3) is 5.91 Å². The van der Waals surface area contributed by atoms with E-state index in [0.717, 1.165) is 16.7 Å². The average molecular weight is 406 g/mol. The highest BCUT2D eigenvalue weighted by Gasteiger charge is 2.14. The number of carbonyl (C=O) groups excluding carboxylic acids is 2. The van der Waals surface area contributed by atoms with Crippen molar-refractivity contribution in [1.82, 2.24) is 5.32 Å². The molecule has 0 saturated carbocycles. The molecule has 3 aromatic rings. The normalized spacial score (nSPS) is 10.2. The van der Waals surface area contributed by atoms with E-state index in [1.165, 1.54) is 18.2 Å². The van der Waals surface area contributed by atoms with E-state index in [1.807, 2.05) is 54.6 Å². The molecule has 3 aromatic carbocycles. The number of amides is 1. The van der Waals surface area contributed by atoms with E-state index < -0.39 is 5.97 Å². The number of benzene rings is 3. The Bertz CT molecular complexity index is 1020. The van der Waals surface area contributed by atoms with Gasteiger partial charge in [-0.3, -0.25) is 9.59 Å². The summed E-state index contributed by atoms with van der Waals surface area (Å²) in [4.78, 5) is 35.2. The standard InChI is InChI=1S/C22H19N2O4P/c25-21(12-15-6-8-17(9-7-15)16-4-2-1-3-5-16)28-20-11-10-18(13-19(20)24-27)22(26)23-14-29/h1-11,13H,12,14,29H2,(H,23,26). The quantitative estimate of drug-likeness (QED) is 0.272. The SMILES string of the molecule is O=Nc1cc(C(=O)NCP)ccc1OC(=O)Cc1ccc(-c2ccccc2)cc1. The van der Waals surface area contributed by atoms with Gasteiger partial charge >= 0.3 is 5.97 Å². The summed E-state index contributed by atoms with van der Waals surface area (Å²) in [7, 11) is 2.37. The maximum Gasteiger partial charge on any atom is 0.315 e. The van der Waals surface area contributed by atoms with Crippen molar-refractivity contribution in [3.8, 4) is 16.9 Å². The molecule has 0 fully saturated rings. The maximum atomic E-state index is 12.3. The Kier molecular flexibility index (Phi) is 6.82. The van der Waals surface area contributed by atoms with Crippen molar-refractivity contribution < 1.29 is 14.3 Å². The zero-order valence-electron chi connectivity index (χ0n) is 15.5. The molecule has 1 atom stereocenters. The van der Waals surface area contributed by atoms with Crippen LogP contribution in [-0.4, -0.2) is 18.2 Å². The van der Waals surface area contributed by atoms with E-state index in [2.05, 4.69) is 19.7 Å². The highest BCUT2D eigenvalue weighted by molar-refractivity contribution is 7.16. The first kappa shape index (κ1) is 20.4. The number of carbonyl (C=O) groups is 2. The molecular weight excluding hydrogens is 387 g/mol. The van der Waals surface area contributed by atoms with E-state index in [9.17, 15) is 14.5 Å². The first-order valence-corrected chi connectivity index (χ1v) is 9.73. The summed E-state index contributed by atoms with van der Waals surface area (Å²) < 4.78 is 5.28. The minimum atomic E-state index is -0.524. The number of nitroso groups, excluding NO2 is 1. The van der Waals surface area contributed by atoms with E-state index >= 15 is 0 Å². The Labute approximate surface area is 170 Å². The fraction of sp³-hybridized carbons (Fsp3) is 0.0909. The zero-order valence-corrected chi connectivity index (χ0v) is 16.7. The van der Waals surface area contributed by atoms with Crippen molar-refractivity contribution in [1.29, 1.82) is 0 Å². The first-order chi connectivity index (χ1) is 14.1. The molecule has 0 aliphatic carbocycles. The number of hydrogen-bond donors (Lipinski definition) is 1. The summed E-state index contributed by atoms with van der Waals surface area (Å²) in [5.41, 5.74) is 3.09. The number of ether oxygens (including phenoxy) is 1. The van der Waals surface area contributed by atoms with E-state index in [0.29, 0.717) is 6.29 Å². The number of rotatable bonds is 7. The molecule has 6 nitrogen and oxygen atoms in total. The van der Waals surface area contributed by atoms with Gasteiger partial charge in [0, 0.05) is 11.8 Å². The van der Waals surface area contributed by atoms with Crippen molar-refractivity contribution in [3.63, 3.8) is 0 Å². The van der Waals surface area contributed by atoms with Crippen LogP contribution >= 0.6 is 9.24 Å². The molecule has 1 N–H and O–H groups in total. The third-order valence-electron chi connectivity index (χ3n) is 4.22. The molecule has 0 saturated heterocycles. The minimum absolute atomic E-state index is 0.0216. The molecule has 0 heterocycles. The smallest absolute Gasteiger partial charge is 0.315 e. The lowest BCUT2D eigenvalue weighted by atomic mass is 10.0. The van der Waals surface area contributed by atoms with Gasteiger partial charge in [0.15, 0.2) is 11.4 Å². The van der Waals surface area contributed by atoms with Crippen LogP contribution in [0.25, 0.3) is 11.1 Å². The lowest BCUT2D eigenvalue weighted by Crippen LogP contribution is -2.21. The van der Waals surface area contributed by atoms with Gasteiger partial charge in [0.05, 0.1) is 6.42 Å². The van der Waals surface area contributed by atoms with Gasteiger partial charge in [0.2, 0.25) is 0 Å². The Hall–Kier alpha value is -3.37. The van der Waals surface area contributed by atoms with Gasteiger partial charge < -0.3 is 10.1 Å². The Morgan fingerprint density at radius 3 is 2.28 bits per heavy atom. The average Bonchev–Trinajstić information content (AvgIpc) is 2.75. The molecule has 0 aliphatic heterocycles. The Balaban J connectivity index is 1.67. The lowest BCUT2D eigenvalue weighted by molar-refractivity contribution is -0.133. The van der Waals surface area contributed by atoms with Crippen molar-refractivity contribution in [2.45, 2.75) is 6.42 Å². The summed E-state index contributed by atoms with van der Waals surface area (Å²) in [6, 6.07) is 21.7. The molecule has 0 spiro atoms. The number of hydrogen-bond acceptors (Lipinski definition) is 5. The monoisotopic (exact) mass is 406 g/mol. The molecule has 7 heteroatoms. The van der Waals surface area contributed by atoms with Crippen LogP contribution < -0.4 is 10.1 Å². The summed E-state index contributed by atoms with van der Waals surface area (Å²) in [5.74, 6) is -0.848. The van der Waals surface area contributed by atoms with Crippen molar-refractivity contribution in [3.05, 3.63) is 88.8 Å². The third kappa shape index (κ3) is 5.33. The Morgan fingerprint density at radius 2 is 1.62 bits per heavy atom. The largest absolute Gasteiger partial charge is 0.424 e. The molecule has 29 heavy (non-hydrogen) atoms. The van der Waals surface area contributed by atoms with Gasteiger partial charge in [-0.2, -0.15) is 0 Å². The molecule has 146 valence electrons. The molecule has 0 radical (unpaired) electrons. The van der Waals surface area contributed by atoms with E-state index in [-0.39, 0.29) is 29.3 Å². The van der Waals surface area contributed by atoms with E-state index in [4.69, 9.17) is 4.74 Å². The topological polar surface area (TPSA) is 84.8 Å². The molecule has 0 bridgehead atoms. The molecule has 1 unspecified atom stereocenters. The van der Waals surface area contributed by atoms with E-state index in [1.54, 1.807) is 0 Å². The highest BCUT2D eigenvalue weighted by Crippen LogP contribution is 2.29. The maximum absolute atomic E-state index is 12.3. The fourth-order valence-electron chi connectivity index (χ4n) is 2.78. The van der Waals surface area contributed by atoms with Crippen LogP contribution in [0, 0.1) is 4.91 Å². The number of nitrogens with zero attached hydrogens (tertiary/aromatic N) is 1. The molecular formula is C22H19N2O4P. The predicted molar refractivity (Wildman–Crippen MR) is 115 cm³/mol. The Morgan fingerprint density at radius 1 is 0.931 bits per heavy atom. The van der Waals surface area contributed by atoms with Gasteiger partial charge in [-0.05, 0) is 40.1 Å². The molecule has 3 rings (SSSR count). The fourth-order valence-corrected chi connectivity index (χ4v) is 2.97. The summed E-state index contributed by atoms with van der Waals surface area (Å²) in [6.45, 7) is 0. The number of esters is 1. The second-order valence-electron chi connectivity index (χ2n) is 6.20. The van der Waals surface area contributed by atoms with Crippen LogP contribution in [0.3, 0.4) is 0 Å². The van der Waals surface area contributed by atoms with Gasteiger partial charge in [-0.25, -0.2) is 0 Å². The van der Waals surface area contributed by atoms with Crippen LogP contribution in [0.1, 0.15) is 15.9 Å². The van der Waals surface area contributed by atoms with Crippen LogP contribution in [0.4, 0.5) is 5.69 Å². The zero-order chi connectivity index (χ0) is 20.6. The van der Waals surface area contributed by atoms with Crippen LogP contribution in [0.15, 0.2) is 78.0 Å². The second kappa shape index (κ2) is 9.71. The highest BCUT2D eigenvalue weighted by atomic mass is 31.0. The molecule has 0 aromatic heterocycles. The third-order valence-corrected chi connectivity index (χ3v) is 4.42. The van der Waals surface area contributed by atoms with Crippen LogP contribution in [0.5, 0.6) is 5.75 Å². The van der Waals surface area contributed by atoms with Gasteiger partial charge in [-0.1, -0.05) is 54.6 Å². The van der Waals surface area contributed by atoms with Crippen molar-refractivity contribution in [2.75, 3.05) is 6.29 Å². The van der Waals surface area contributed by atoms with Crippen molar-refractivity contribution in [2.24, 2.45) is 5.18 Å². The van der Waals surface area contributed by atoms with Crippen molar-refractivity contribution >= 4 is 26.8 Å². The summed E-state index contributed by atoms with van der Waals surface area (Å²) in [6.07, 6.45) is 0.422. The van der Waals surface area contributed by atoms with Gasteiger partial charge in [0.1, 0.15) is 0 Å². The lowest BCUT2D eigenvalue weighted by Gasteiger charge is -2.08. The summed E-state index contributed by atoms with van der Waals surface area (Å²) >= 11 is 0. The predicted octanol–water partition coefficient (Wildman–Crippen LogP) is 4.46. The van der Waals surface area contributed by atoms with Crippen LogP contribution in [0.2, 0.25) is 0 Å². The second-order valence-corrected chi connectivity index (χ2v) is 6.61. The van der Waals surface area contributed by atoms with Gasteiger partial charge in [-0.15, -0.1) is 14.1 Å². The minimum Gasteiger partial charge on any atom is -0.424 e. The summed E-state index contributed by atoms with van der Waals surface area (Å²) in [5, 5.41) is 5.46.